The zero-order chi connectivity index (χ0) is 21.5. The fraction of sp³-hybridized carbons (Fsp3) is 0.409. The second-order valence-corrected chi connectivity index (χ2v) is 10.3. The van der Waals surface area contributed by atoms with Gasteiger partial charge in [0.2, 0.25) is 0 Å². The average molecular weight is 431 g/mol. The molecule has 30 heavy (non-hydrogen) atoms. The molecule has 1 saturated carbocycles. The average Bonchev–Trinajstić information content (AvgIpc) is 3.46. The Labute approximate surface area is 176 Å². The minimum absolute atomic E-state index is 0.193. The smallest absolute Gasteiger partial charge is 0.257 e. The number of benzene rings is 2. The highest BCUT2D eigenvalue weighted by Gasteiger charge is 2.36. The third-order valence-corrected chi connectivity index (χ3v) is 6.50. The van der Waals surface area contributed by atoms with Gasteiger partial charge in [0.25, 0.3) is 5.91 Å². The maximum atomic E-state index is 13.1. The Bertz CT molecular complexity index is 1080. The third kappa shape index (κ3) is 4.23. The summed E-state index contributed by atoms with van der Waals surface area (Å²) < 4.78 is 35.8. The molecule has 0 bridgehead atoms. The highest BCUT2D eigenvalue weighted by Crippen LogP contribution is 2.38. The summed E-state index contributed by atoms with van der Waals surface area (Å²) in [5.41, 5.74) is 8.37. The van der Waals surface area contributed by atoms with Gasteiger partial charge >= 0.3 is 0 Å². The Morgan fingerprint density at radius 1 is 1.20 bits per heavy atom. The van der Waals surface area contributed by atoms with Crippen molar-refractivity contribution in [3.05, 3.63) is 53.1 Å². The zero-order valence-electron chi connectivity index (χ0n) is 17.1. The van der Waals surface area contributed by atoms with E-state index < -0.39 is 15.9 Å². The fourth-order valence-electron chi connectivity index (χ4n) is 3.82. The van der Waals surface area contributed by atoms with E-state index in [1.54, 1.807) is 42.3 Å². The van der Waals surface area contributed by atoms with Gasteiger partial charge in [0, 0.05) is 18.5 Å². The van der Waals surface area contributed by atoms with E-state index in [0.717, 1.165) is 18.4 Å². The number of nitrogens with two attached hydrogens (primary N) is 1. The molecular formula is C22H26N2O5S. The van der Waals surface area contributed by atoms with Crippen LogP contribution in [-0.2, 0) is 16.4 Å². The number of ether oxygens (including phenoxy) is 2. The Balaban J connectivity index is 1.70. The number of rotatable bonds is 8. The number of nitrogens with zero attached hydrogens (tertiary/aromatic N) is 1. The number of nitrogen functional groups attached to an aromatic ring is 1. The molecule has 1 atom stereocenters. The number of sulfone groups is 1. The van der Waals surface area contributed by atoms with E-state index in [-0.39, 0.29) is 11.7 Å². The summed E-state index contributed by atoms with van der Waals surface area (Å²) >= 11 is 0. The molecule has 1 amide bonds. The first-order valence-electron chi connectivity index (χ1n) is 9.93. The normalized spacial score (nSPS) is 17.0. The second-order valence-electron chi connectivity index (χ2n) is 8.09. The van der Waals surface area contributed by atoms with Crippen molar-refractivity contribution in [2.75, 3.05) is 31.5 Å². The summed E-state index contributed by atoms with van der Waals surface area (Å²) in [4.78, 5) is 14.7. The summed E-state index contributed by atoms with van der Waals surface area (Å²) in [6.45, 7) is 0.908. The first-order chi connectivity index (χ1) is 14.3. The molecule has 160 valence electrons. The lowest BCUT2D eigenvalue weighted by Gasteiger charge is -2.28. The monoisotopic (exact) mass is 430 g/mol. The van der Waals surface area contributed by atoms with Crippen molar-refractivity contribution in [2.45, 2.75) is 25.4 Å². The molecule has 1 fully saturated rings. The van der Waals surface area contributed by atoms with Crippen LogP contribution < -0.4 is 15.2 Å². The molecular weight excluding hydrogens is 404 g/mol. The van der Waals surface area contributed by atoms with Crippen LogP contribution in [0.1, 0.15) is 40.4 Å². The van der Waals surface area contributed by atoms with E-state index in [9.17, 15) is 13.2 Å². The van der Waals surface area contributed by atoms with E-state index in [0.29, 0.717) is 47.4 Å². The number of carbonyl (C=O) groups excluding carboxylic acids is 1. The van der Waals surface area contributed by atoms with E-state index in [1.807, 2.05) is 6.07 Å². The summed E-state index contributed by atoms with van der Waals surface area (Å²) in [7, 11) is -1.81. The van der Waals surface area contributed by atoms with E-state index in [1.165, 1.54) is 6.26 Å². The molecule has 1 heterocycles. The highest BCUT2D eigenvalue weighted by molar-refractivity contribution is 7.90. The van der Waals surface area contributed by atoms with E-state index >= 15 is 0 Å². The Morgan fingerprint density at radius 2 is 1.97 bits per heavy atom. The van der Waals surface area contributed by atoms with Crippen LogP contribution in [0.4, 0.5) is 5.69 Å². The van der Waals surface area contributed by atoms with Gasteiger partial charge in [-0.15, -0.1) is 0 Å². The van der Waals surface area contributed by atoms with Crippen LogP contribution in [0.25, 0.3) is 0 Å². The van der Waals surface area contributed by atoms with Crippen LogP contribution in [0, 0.1) is 5.92 Å². The predicted octanol–water partition coefficient (Wildman–Crippen LogP) is 2.81. The van der Waals surface area contributed by atoms with Gasteiger partial charge in [-0.1, -0.05) is 18.2 Å². The number of anilines is 1. The molecule has 1 aliphatic carbocycles. The lowest BCUT2D eigenvalue weighted by molar-refractivity contribution is 0.0719. The quantitative estimate of drug-likeness (QED) is 0.647. The maximum Gasteiger partial charge on any atom is 0.257 e. The number of fused-ring (bicyclic) bond motifs is 1. The van der Waals surface area contributed by atoms with Crippen molar-refractivity contribution in [2.24, 2.45) is 5.92 Å². The summed E-state index contributed by atoms with van der Waals surface area (Å²) in [6, 6.07) is 10.0. The van der Waals surface area contributed by atoms with Crippen molar-refractivity contribution in [1.29, 1.82) is 0 Å². The topological polar surface area (TPSA) is 98.9 Å². The van der Waals surface area contributed by atoms with Crippen LogP contribution in [0.3, 0.4) is 0 Å². The number of carbonyl (C=O) groups is 1. The fourth-order valence-corrected chi connectivity index (χ4v) is 4.77. The molecule has 7 nitrogen and oxygen atoms in total. The molecule has 2 aromatic carbocycles. The van der Waals surface area contributed by atoms with Gasteiger partial charge in [-0.2, -0.15) is 0 Å². The van der Waals surface area contributed by atoms with E-state index in [2.05, 4.69) is 0 Å². The van der Waals surface area contributed by atoms with Gasteiger partial charge in [0.1, 0.15) is 9.84 Å². The van der Waals surface area contributed by atoms with Crippen LogP contribution >= 0.6 is 0 Å². The molecule has 0 aromatic heterocycles. The van der Waals surface area contributed by atoms with Gasteiger partial charge in [-0.05, 0) is 48.1 Å². The van der Waals surface area contributed by atoms with Crippen molar-refractivity contribution >= 4 is 21.4 Å². The molecule has 0 spiro atoms. The number of hydrogen-bond donors (Lipinski definition) is 1. The molecule has 2 N–H and O–H groups in total. The second kappa shape index (κ2) is 7.83. The highest BCUT2D eigenvalue weighted by atomic mass is 32.2. The van der Waals surface area contributed by atoms with Crippen LogP contribution in [0.5, 0.6) is 11.5 Å². The van der Waals surface area contributed by atoms with Crippen molar-refractivity contribution in [3.8, 4) is 11.5 Å². The molecule has 2 aromatic rings. The van der Waals surface area contributed by atoms with Crippen LogP contribution in [-0.4, -0.2) is 45.0 Å². The lowest BCUT2D eigenvalue weighted by Crippen LogP contribution is -2.33. The zero-order valence-corrected chi connectivity index (χ0v) is 17.9. The molecule has 2 aliphatic rings. The predicted molar refractivity (Wildman–Crippen MR) is 114 cm³/mol. The van der Waals surface area contributed by atoms with Gasteiger partial charge in [0.05, 0.1) is 31.1 Å². The first kappa shape index (κ1) is 20.5. The molecule has 0 radical (unpaired) electrons. The molecule has 1 aliphatic heterocycles. The van der Waals surface area contributed by atoms with Gasteiger partial charge < -0.3 is 20.1 Å². The summed E-state index contributed by atoms with van der Waals surface area (Å²) in [6.07, 6.45) is 3.48. The standard InChI is InChI=1S/C22H26N2O5S/c1-28-19-9-8-15(10-20(19)29-12-14-6-7-14)18(13-30(2,26)27)24-11-16-4-3-5-17(23)21(16)22(24)25/h3-5,8-10,14,18H,6-7,11-13,23H2,1-2H3. The minimum Gasteiger partial charge on any atom is -0.493 e. The largest absolute Gasteiger partial charge is 0.493 e. The molecule has 1 unspecified atom stereocenters. The number of hydrogen-bond acceptors (Lipinski definition) is 6. The van der Waals surface area contributed by atoms with Gasteiger partial charge in [-0.3, -0.25) is 4.79 Å². The Hall–Kier alpha value is -2.74. The summed E-state index contributed by atoms with van der Waals surface area (Å²) in [5, 5.41) is 0. The number of methoxy groups -OCH3 is 1. The molecule has 8 heteroatoms. The number of amides is 1. The van der Waals surface area contributed by atoms with Gasteiger partial charge in [0.15, 0.2) is 11.5 Å². The maximum absolute atomic E-state index is 13.1. The Kier molecular flexibility index (Phi) is 5.36. The van der Waals surface area contributed by atoms with Crippen LogP contribution in [0.15, 0.2) is 36.4 Å². The lowest BCUT2D eigenvalue weighted by atomic mass is 10.1. The van der Waals surface area contributed by atoms with Crippen molar-refractivity contribution in [3.63, 3.8) is 0 Å². The Morgan fingerprint density at radius 3 is 2.60 bits per heavy atom. The van der Waals surface area contributed by atoms with Gasteiger partial charge in [-0.25, -0.2) is 8.42 Å². The van der Waals surface area contributed by atoms with E-state index in [4.69, 9.17) is 15.2 Å². The first-order valence-corrected chi connectivity index (χ1v) is 12.0. The minimum atomic E-state index is -3.37. The van der Waals surface area contributed by atoms with Crippen molar-refractivity contribution in [1.82, 2.24) is 4.90 Å². The summed E-state index contributed by atoms with van der Waals surface area (Å²) in [5.74, 6) is 1.25. The van der Waals surface area contributed by atoms with Crippen LogP contribution in [0.2, 0.25) is 0 Å². The SMILES string of the molecule is COc1ccc(C(CS(C)(=O)=O)N2Cc3cccc(N)c3C2=O)cc1OCC1CC1. The third-order valence-electron chi connectivity index (χ3n) is 5.58. The molecule has 0 saturated heterocycles. The van der Waals surface area contributed by atoms with Crippen molar-refractivity contribution < 1.29 is 22.7 Å². The molecule has 4 rings (SSSR count).